The van der Waals surface area contributed by atoms with Gasteiger partial charge in [-0.25, -0.2) is 12.8 Å². The van der Waals surface area contributed by atoms with Gasteiger partial charge in [0.1, 0.15) is 5.82 Å². The van der Waals surface area contributed by atoms with Crippen molar-refractivity contribution in [2.24, 2.45) is 0 Å². The highest BCUT2D eigenvalue weighted by atomic mass is 32.2. The van der Waals surface area contributed by atoms with Crippen molar-refractivity contribution in [1.29, 1.82) is 0 Å². The molecule has 0 fully saturated rings. The number of fused-ring (bicyclic) bond motifs is 1. The van der Waals surface area contributed by atoms with E-state index in [2.05, 4.69) is 0 Å². The van der Waals surface area contributed by atoms with E-state index in [-0.39, 0.29) is 4.90 Å². The smallest absolute Gasteiger partial charge is 0.207 e. The number of halogens is 1. The first-order valence-electron chi connectivity index (χ1n) is 6.90. The highest BCUT2D eigenvalue weighted by Crippen LogP contribution is 2.21. The fourth-order valence-corrected chi connectivity index (χ4v) is 4.08. The van der Waals surface area contributed by atoms with Gasteiger partial charge >= 0.3 is 0 Å². The molecule has 2 aromatic carbocycles. The van der Waals surface area contributed by atoms with Crippen molar-refractivity contribution in [2.45, 2.75) is 17.7 Å². The van der Waals surface area contributed by atoms with Crippen LogP contribution in [0, 0.1) is 5.82 Å². The van der Waals surface area contributed by atoms with E-state index in [9.17, 15) is 12.8 Å². The Hall–Kier alpha value is -1.72. The largest absolute Gasteiger partial charge is 0.243 e. The number of hydrogen-bond acceptors (Lipinski definition) is 2. The van der Waals surface area contributed by atoms with E-state index in [0.29, 0.717) is 25.9 Å². The molecule has 0 radical (unpaired) electrons. The van der Waals surface area contributed by atoms with Crippen LogP contribution in [0.5, 0.6) is 0 Å². The zero-order valence-corrected chi connectivity index (χ0v) is 12.3. The van der Waals surface area contributed by atoms with E-state index in [0.717, 1.165) is 0 Å². The Morgan fingerprint density at radius 2 is 1.38 bits per heavy atom. The third-order valence-corrected chi connectivity index (χ3v) is 5.74. The van der Waals surface area contributed by atoms with Crippen molar-refractivity contribution in [1.82, 2.24) is 4.31 Å². The first-order valence-corrected chi connectivity index (χ1v) is 8.34. The van der Waals surface area contributed by atoms with Gasteiger partial charge in [0.2, 0.25) is 10.0 Å². The van der Waals surface area contributed by atoms with Crippen LogP contribution in [-0.4, -0.2) is 25.8 Å². The van der Waals surface area contributed by atoms with Gasteiger partial charge in [-0.1, -0.05) is 24.3 Å². The van der Waals surface area contributed by atoms with Crippen LogP contribution in [0.1, 0.15) is 11.1 Å². The lowest BCUT2D eigenvalue weighted by molar-refractivity contribution is 0.426. The molecule has 0 saturated heterocycles. The molecule has 0 N–H and O–H groups in total. The maximum absolute atomic E-state index is 13.0. The summed E-state index contributed by atoms with van der Waals surface area (Å²) in [4.78, 5) is 0.148. The van der Waals surface area contributed by atoms with Gasteiger partial charge in [-0.05, 0) is 48.2 Å². The maximum atomic E-state index is 13.0. The molecule has 1 aliphatic rings. The Labute approximate surface area is 124 Å². The Morgan fingerprint density at radius 3 is 1.90 bits per heavy atom. The Balaban J connectivity index is 1.86. The number of rotatable bonds is 2. The topological polar surface area (TPSA) is 37.4 Å². The van der Waals surface area contributed by atoms with E-state index in [1.54, 1.807) is 0 Å². The third kappa shape index (κ3) is 2.84. The highest BCUT2D eigenvalue weighted by Gasteiger charge is 2.26. The molecule has 3 nitrogen and oxygen atoms in total. The van der Waals surface area contributed by atoms with Crippen LogP contribution < -0.4 is 0 Å². The van der Waals surface area contributed by atoms with Crippen LogP contribution in [0.15, 0.2) is 53.4 Å². The zero-order chi connectivity index (χ0) is 14.9. The van der Waals surface area contributed by atoms with Gasteiger partial charge in [-0.2, -0.15) is 4.31 Å². The monoisotopic (exact) mass is 305 g/mol. The second-order valence-electron chi connectivity index (χ2n) is 5.13. The molecule has 1 heterocycles. The van der Waals surface area contributed by atoms with E-state index in [1.165, 1.54) is 39.7 Å². The predicted molar refractivity (Wildman–Crippen MR) is 79.0 cm³/mol. The number of sulfonamides is 1. The fourth-order valence-electron chi connectivity index (χ4n) is 2.64. The van der Waals surface area contributed by atoms with Crippen LogP contribution in [0.2, 0.25) is 0 Å². The van der Waals surface area contributed by atoms with Crippen LogP contribution >= 0.6 is 0 Å². The lowest BCUT2D eigenvalue weighted by atomic mass is 10.0. The average Bonchev–Trinajstić information content (AvgIpc) is 2.70. The van der Waals surface area contributed by atoms with Gasteiger partial charge in [-0.15, -0.1) is 0 Å². The van der Waals surface area contributed by atoms with Crippen LogP contribution in [-0.2, 0) is 22.9 Å². The quantitative estimate of drug-likeness (QED) is 0.855. The van der Waals surface area contributed by atoms with Crippen LogP contribution in [0.25, 0.3) is 0 Å². The van der Waals surface area contributed by atoms with Crippen LogP contribution in [0.3, 0.4) is 0 Å². The average molecular weight is 305 g/mol. The summed E-state index contributed by atoms with van der Waals surface area (Å²) in [7, 11) is -3.55. The molecule has 0 amide bonds. The molecule has 0 aromatic heterocycles. The summed E-state index contributed by atoms with van der Waals surface area (Å²) < 4.78 is 39.7. The second kappa shape index (κ2) is 5.58. The summed E-state index contributed by atoms with van der Waals surface area (Å²) in [6.07, 6.45) is 1.41. The minimum atomic E-state index is -3.55. The summed E-state index contributed by atoms with van der Waals surface area (Å²) >= 11 is 0. The summed E-state index contributed by atoms with van der Waals surface area (Å²) in [5, 5.41) is 0. The van der Waals surface area contributed by atoms with Gasteiger partial charge < -0.3 is 0 Å². The van der Waals surface area contributed by atoms with Gasteiger partial charge in [0.25, 0.3) is 0 Å². The summed E-state index contributed by atoms with van der Waals surface area (Å²) in [6, 6.07) is 13.0. The van der Waals surface area contributed by atoms with E-state index >= 15 is 0 Å². The van der Waals surface area contributed by atoms with Gasteiger partial charge in [0.15, 0.2) is 0 Å². The molecule has 110 valence electrons. The first-order chi connectivity index (χ1) is 10.1. The summed E-state index contributed by atoms with van der Waals surface area (Å²) in [5.74, 6) is -0.433. The SMILES string of the molecule is O=S(=O)(c1ccc(F)cc1)N1CCc2ccccc2CC1. The lowest BCUT2D eigenvalue weighted by Gasteiger charge is -2.19. The van der Waals surface area contributed by atoms with Crippen molar-refractivity contribution in [3.05, 3.63) is 65.5 Å². The Morgan fingerprint density at radius 1 is 0.857 bits per heavy atom. The van der Waals surface area contributed by atoms with E-state index < -0.39 is 15.8 Å². The van der Waals surface area contributed by atoms with Crippen molar-refractivity contribution >= 4 is 10.0 Å². The van der Waals surface area contributed by atoms with E-state index in [1.807, 2.05) is 24.3 Å². The van der Waals surface area contributed by atoms with Gasteiger partial charge in [0.05, 0.1) is 4.90 Å². The molecular weight excluding hydrogens is 289 g/mol. The zero-order valence-electron chi connectivity index (χ0n) is 11.5. The van der Waals surface area contributed by atoms with Crippen molar-refractivity contribution in [2.75, 3.05) is 13.1 Å². The number of benzene rings is 2. The molecule has 1 aliphatic heterocycles. The number of nitrogens with zero attached hydrogens (tertiary/aromatic N) is 1. The first kappa shape index (κ1) is 14.2. The molecular formula is C16H16FNO2S. The summed E-state index contributed by atoms with van der Waals surface area (Å²) in [5.41, 5.74) is 2.41. The fraction of sp³-hybridized carbons (Fsp3) is 0.250. The molecule has 0 bridgehead atoms. The van der Waals surface area contributed by atoms with E-state index in [4.69, 9.17) is 0 Å². The standard InChI is InChI=1S/C16H16FNO2S/c17-15-5-7-16(8-6-15)21(19,20)18-11-9-13-3-1-2-4-14(13)10-12-18/h1-8H,9-12H2. The molecule has 0 atom stereocenters. The molecule has 21 heavy (non-hydrogen) atoms. The minimum Gasteiger partial charge on any atom is -0.207 e. The molecule has 5 heteroatoms. The Bertz CT molecular complexity index is 714. The predicted octanol–water partition coefficient (Wildman–Crippen LogP) is 2.62. The van der Waals surface area contributed by atoms with Crippen molar-refractivity contribution in [3.8, 4) is 0 Å². The highest BCUT2D eigenvalue weighted by molar-refractivity contribution is 7.89. The van der Waals surface area contributed by atoms with Gasteiger partial charge in [-0.3, -0.25) is 0 Å². The molecule has 0 unspecified atom stereocenters. The maximum Gasteiger partial charge on any atom is 0.243 e. The Kier molecular flexibility index (Phi) is 3.78. The number of hydrogen-bond donors (Lipinski definition) is 0. The normalized spacial score (nSPS) is 16.2. The van der Waals surface area contributed by atoms with Crippen molar-refractivity contribution in [3.63, 3.8) is 0 Å². The van der Waals surface area contributed by atoms with Gasteiger partial charge in [0, 0.05) is 13.1 Å². The molecule has 0 saturated carbocycles. The third-order valence-electron chi connectivity index (χ3n) is 3.83. The second-order valence-corrected chi connectivity index (χ2v) is 7.06. The molecule has 2 aromatic rings. The lowest BCUT2D eigenvalue weighted by Crippen LogP contribution is -2.33. The molecule has 0 spiro atoms. The minimum absolute atomic E-state index is 0.148. The molecule has 3 rings (SSSR count). The molecule has 0 aliphatic carbocycles. The summed E-state index contributed by atoms with van der Waals surface area (Å²) in [6.45, 7) is 0.910. The van der Waals surface area contributed by atoms with Crippen LogP contribution in [0.4, 0.5) is 4.39 Å². The van der Waals surface area contributed by atoms with Crippen molar-refractivity contribution < 1.29 is 12.8 Å².